The lowest BCUT2D eigenvalue weighted by molar-refractivity contribution is -0.141. The molecule has 2 bridgehead atoms. The summed E-state index contributed by atoms with van der Waals surface area (Å²) in [6, 6.07) is 5.89. The fraction of sp³-hybridized carbons (Fsp3) is 0.632. The highest BCUT2D eigenvalue weighted by Gasteiger charge is 2.42. The molecule has 2 fully saturated rings. The Hall–Kier alpha value is -1.55. The number of likely N-dealkylation sites (tertiary alicyclic amines) is 1. The van der Waals surface area contributed by atoms with Gasteiger partial charge in [0.2, 0.25) is 5.91 Å². The molecule has 1 amide bonds. The van der Waals surface area contributed by atoms with E-state index in [1.807, 2.05) is 12.1 Å². The van der Waals surface area contributed by atoms with Gasteiger partial charge in [-0.3, -0.25) is 4.79 Å². The molecule has 2 atom stereocenters. The Morgan fingerprint density at radius 2 is 1.96 bits per heavy atom. The van der Waals surface area contributed by atoms with Gasteiger partial charge in [0.25, 0.3) is 0 Å². The summed E-state index contributed by atoms with van der Waals surface area (Å²) in [5, 5.41) is 9.75. The predicted molar refractivity (Wildman–Crippen MR) is 87.3 cm³/mol. The molecule has 1 aromatic rings. The Morgan fingerprint density at radius 1 is 1.17 bits per heavy atom. The third kappa shape index (κ3) is 2.53. The van der Waals surface area contributed by atoms with Crippen LogP contribution in [0.2, 0.25) is 0 Å². The third-order valence-electron chi connectivity index (χ3n) is 6.11. The molecule has 1 heterocycles. The summed E-state index contributed by atoms with van der Waals surface area (Å²) in [6.45, 7) is 0.855. The van der Waals surface area contributed by atoms with Gasteiger partial charge >= 0.3 is 0 Å². The zero-order chi connectivity index (χ0) is 16.0. The number of hydrogen-bond donors (Lipinski definition) is 1. The summed E-state index contributed by atoms with van der Waals surface area (Å²) in [5.41, 5.74) is 2.51. The fourth-order valence-electron chi connectivity index (χ4n) is 4.81. The van der Waals surface area contributed by atoms with Gasteiger partial charge in [-0.25, -0.2) is 0 Å². The van der Waals surface area contributed by atoms with Gasteiger partial charge in [0, 0.05) is 19.6 Å². The van der Waals surface area contributed by atoms with E-state index < -0.39 is 0 Å². The Bertz CT molecular complexity index is 607. The second kappa shape index (κ2) is 5.82. The van der Waals surface area contributed by atoms with Crippen LogP contribution in [0.4, 0.5) is 0 Å². The van der Waals surface area contributed by atoms with Crippen molar-refractivity contribution in [3.05, 3.63) is 29.3 Å². The van der Waals surface area contributed by atoms with Gasteiger partial charge in [0.15, 0.2) is 0 Å². The number of ether oxygens (including phenoxy) is 1. The zero-order valence-corrected chi connectivity index (χ0v) is 13.7. The maximum Gasteiger partial charge on any atom is 0.226 e. The van der Waals surface area contributed by atoms with Gasteiger partial charge in [0.1, 0.15) is 5.75 Å². The van der Waals surface area contributed by atoms with E-state index in [1.54, 1.807) is 13.2 Å². The molecular weight excluding hydrogens is 290 g/mol. The number of rotatable bonds is 2. The molecule has 1 N–H and O–H groups in total. The van der Waals surface area contributed by atoms with E-state index in [-0.39, 0.29) is 12.0 Å². The van der Waals surface area contributed by atoms with E-state index in [0.29, 0.717) is 23.7 Å². The van der Waals surface area contributed by atoms with E-state index in [4.69, 9.17) is 4.74 Å². The van der Waals surface area contributed by atoms with E-state index in [9.17, 15) is 9.90 Å². The zero-order valence-electron chi connectivity index (χ0n) is 13.7. The molecule has 23 heavy (non-hydrogen) atoms. The van der Waals surface area contributed by atoms with Gasteiger partial charge in [-0.15, -0.1) is 0 Å². The van der Waals surface area contributed by atoms with Crippen LogP contribution < -0.4 is 0 Å². The number of phenols is 1. The average molecular weight is 315 g/mol. The van der Waals surface area contributed by atoms with Crippen molar-refractivity contribution < 1.29 is 14.6 Å². The number of amides is 1. The van der Waals surface area contributed by atoms with Crippen LogP contribution >= 0.6 is 0 Å². The number of carbonyl (C=O) groups excluding carboxylic acids is 1. The number of methoxy groups -OCH3 is 1. The lowest BCUT2D eigenvalue weighted by atomic mass is 9.85. The second-order valence-corrected chi connectivity index (χ2v) is 7.29. The summed E-state index contributed by atoms with van der Waals surface area (Å²) in [6.07, 6.45) is 6.28. The number of piperidine rings is 1. The lowest BCUT2D eigenvalue weighted by Gasteiger charge is -2.38. The maximum absolute atomic E-state index is 13.0. The van der Waals surface area contributed by atoms with Crippen LogP contribution in [0.15, 0.2) is 18.2 Å². The van der Waals surface area contributed by atoms with Gasteiger partial charge < -0.3 is 14.7 Å². The van der Waals surface area contributed by atoms with Crippen molar-refractivity contribution in [2.24, 2.45) is 5.92 Å². The predicted octanol–water partition coefficient (Wildman–Crippen LogP) is 3.36. The van der Waals surface area contributed by atoms with Crippen molar-refractivity contribution >= 4 is 5.91 Å². The molecule has 0 radical (unpaired) electrons. The molecule has 1 saturated heterocycles. The SMILES string of the molecule is COC1CCC(C(=O)N2CCC3CC2c2ccc(O)cc23)CC1. The van der Waals surface area contributed by atoms with Crippen LogP contribution in [0.25, 0.3) is 0 Å². The Labute approximate surface area is 137 Å². The highest BCUT2D eigenvalue weighted by molar-refractivity contribution is 5.80. The van der Waals surface area contributed by atoms with Crippen LogP contribution in [-0.2, 0) is 9.53 Å². The third-order valence-corrected chi connectivity index (χ3v) is 6.11. The average Bonchev–Trinajstić information content (AvgIpc) is 2.87. The summed E-state index contributed by atoms with van der Waals surface area (Å²) < 4.78 is 5.42. The van der Waals surface area contributed by atoms with Crippen LogP contribution in [0.5, 0.6) is 5.75 Å². The van der Waals surface area contributed by atoms with Crippen LogP contribution in [-0.4, -0.2) is 35.7 Å². The molecule has 4 nitrogen and oxygen atoms in total. The van der Waals surface area contributed by atoms with E-state index in [1.165, 1.54) is 11.1 Å². The number of fused-ring (bicyclic) bond motifs is 5. The van der Waals surface area contributed by atoms with Gasteiger partial charge in [-0.05, 0) is 67.7 Å². The number of nitrogens with zero attached hydrogens (tertiary/aromatic N) is 1. The van der Waals surface area contributed by atoms with Crippen LogP contribution in [0.1, 0.15) is 61.6 Å². The van der Waals surface area contributed by atoms with Crippen molar-refractivity contribution in [3.8, 4) is 5.75 Å². The second-order valence-electron chi connectivity index (χ2n) is 7.29. The first kappa shape index (κ1) is 15.0. The minimum Gasteiger partial charge on any atom is -0.508 e. The molecule has 1 saturated carbocycles. The Kier molecular flexibility index (Phi) is 3.80. The highest BCUT2D eigenvalue weighted by atomic mass is 16.5. The monoisotopic (exact) mass is 315 g/mol. The van der Waals surface area contributed by atoms with Gasteiger partial charge in [0.05, 0.1) is 12.1 Å². The number of benzene rings is 1. The van der Waals surface area contributed by atoms with E-state index in [2.05, 4.69) is 4.90 Å². The van der Waals surface area contributed by atoms with E-state index >= 15 is 0 Å². The highest BCUT2D eigenvalue weighted by Crippen LogP contribution is 2.50. The minimum atomic E-state index is 0.166. The standard InChI is InChI=1S/C19H25NO3/c1-23-15-5-2-12(3-6-15)19(22)20-9-8-13-10-18(20)16-7-4-14(21)11-17(13)16/h4,7,11-13,15,18,21H,2-3,5-6,8-10H2,1H3. The smallest absolute Gasteiger partial charge is 0.226 e. The summed E-state index contributed by atoms with van der Waals surface area (Å²) >= 11 is 0. The van der Waals surface area contributed by atoms with Crippen molar-refractivity contribution in [2.75, 3.05) is 13.7 Å². The summed E-state index contributed by atoms with van der Waals surface area (Å²) in [7, 11) is 1.77. The van der Waals surface area contributed by atoms with Gasteiger partial charge in [-0.1, -0.05) is 6.07 Å². The van der Waals surface area contributed by atoms with Crippen molar-refractivity contribution in [1.29, 1.82) is 0 Å². The molecule has 4 rings (SSSR count). The molecule has 3 aliphatic rings. The van der Waals surface area contributed by atoms with Crippen molar-refractivity contribution in [3.63, 3.8) is 0 Å². The Balaban J connectivity index is 1.52. The summed E-state index contributed by atoms with van der Waals surface area (Å²) in [5.74, 6) is 1.35. The number of hydrogen-bond acceptors (Lipinski definition) is 3. The van der Waals surface area contributed by atoms with E-state index in [0.717, 1.165) is 45.1 Å². The van der Waals surface area contributed by atoms with Crippen molar-refractivity contribution in [1.82, 2.24) is 4.90 Å². The molecule has 0 spiro atoms. The number of phenolic OH excluding ortho intramolecular Hbond substituents is 1. The fourth-order valence-corrected chi connectivity index (χ4v) is 4.81. The molecular formula is C19H25NO3. The molecule has 4 heteroatoms. The van der Waals surface area contributed by atoms with Crippen LogP contribution in [0, 0.1) is 5.92 Å². The topological polar surface area (TPSA) is 49.8 Å². The summed E-state index contributed by atoms with van der Waals surface area (Å²) in [4.78, 5) is 15.2. The minimum absolute atomic E-state index is 0.166. The number of carbonyl (C=O) groups is 1. The molecule has 2 aliphatic carbocycles. The number of aromatic hydroxyl groups is 1. The van der Waals surface area contributed by atoms with Gasteiger partial charge in [-0.2, -0.15) is 0 Å². The molecule has 1 aliphatic heterocycles. The molecule has 0 aromatic heterocycles. The maximum atomic E-state index is 13.0. The first-order chi connectivity index (χ1) is 11.2. The Morgan fingerprint density at radius 3 is 2.70 bits per heavy atom. The first-order valence-electron chi connectivity index (χ1n) is 8.83. The lowest BCUT2D eigenvalue weighted by Crippen LogP contribution is -2.42. The molecule has 124 valence electrons. The molecule has 2 unspecified atom stereocenters. The largest absolute Gasteiger partial charge is 0.508 e. The quantitative estimate of drug-likeness (QED) is 0.910. The normalized spacial score (nSPS) is 32.7. The first-order valence-corrected chi connectivity index (χ1v) is 8.83. The van der Waals surface area contributed by atoms with Crippen LogP contribution in [0.3, 0.4) is 0 Å². The molecule has 1 aromatic carbocycles. The van der Waals surface area contributed by atoms with Crippen molar-refractivity contribution in [2.45, 2.75) is 56.6 Å².